The Labute approximate surface area is 77.2 Å². The average Bonchev–Trinajstić information content (AvgIpc) is 2.40. The number of fused-ring (bicyclic) bond motifs is 1. The van der Waals surface area contributed by atoms with Crippen molar-refractivity contribution in [2.24, 2.45) is 0 Å². The Hall–Kier alpha value is -1.16. The van der Waals surface area contributed by atoms with Crippen molar-refractivity contribution >= 4 is 27.9 Å². The minimum Gasteiger partial charge on any atom is -0.296 e. The molecule has 12 heavy (non-hydrogen) atoms. The lowest BCUT2D eigenvalue weighted by atomic mass is 10.4. The second kappa shape index (κ2) is 2.71. The summed E-state index contributed by atoms with van der Waals surface area (Å²) >= 11 is 3.21. The Morgan fingerprint density at radius 2 is 2.33 bits per heavy atom. The van der Waals surface area contributed by atoms with E-state index in [0.29, 0.717) is 10.3 Å². The van der Waals surface area contributed by atoms with Crippen molar-refractivity contribution in [2.45, 2.75) is 0 Å². The number of nitrogens with zero attached hydrogens (tertiary/aromatic N) is 2. The van der Waals surface area contributed by atoms with Gasteiger partial charge < -0.3 is 0 Å². The maximum atomic E-state index is 10.6. The molecule has 0 bridgehead atoms. The normalized spacial score (nSPS) is 10.4. The summed E-state index contributed by atoms with van der Waals surface area (Å²) in [6.07, 6.45) is 2.58. The van der Waals surface area contributed by atoms with Gasteiger partial charge in [0.1, 0.15) is 15.9 Å². The van der Waals surface area contributed by atoms with Gasteiger partial charge in [-0.25, -0.2) is 4.98 Å². The smallest absolute Gasteiger partial charge is 0.169 e. The van der Waals surface area contributed by atoms with Crippen LogP contribution in [0.1, 0.15) is 10.5 Å². The van der Waals surface area contributed by atoms with Crippen LogP contribution in [0.2, 0.25) is 0 Å². The van der Waals surface area contributed by atoms with Crippen LogP contribution in [0.25, 0.3) is 5.65 Å². The highest BCUT2D eigenvalue weighted by Gasteiger charge is 2.06. The third kappa shape index (κ3) is 0.956. The molecule has 0 aliphatic heterocycles. The van der Waals surface area contributed by atoms with E-state index in [0.717, 1.165) is 11.9 Å². The molecular weight excluding hydrogens is 220 g/mol. The lowest BCUT2D eigenvalue weighted by Gasteiger charge is -1.91. The van der Waals surface area contributed by atoms with Crippen LogP contribution in [-0.2, 0) is 0 Å². The van der Waals surface area contributed by atoms with Crippen LogP contribution in [0, 0.1) is 0 Å². The number of hydrogen-bond acceptors (Lipinski definition) is 2. The summed E-state index contributed by atoms with van der Waals surface area (Å²) in [6.45, 7) is 0. The number of imidazole rings is 1. The molecule has 0 N–H and O–H groups in total. The number of carbonyl (C=O) groups is 1. The van der Waals surface area contributed by atoms with E-state index in [-0.39, 0.29) is 0 Å². The van der Waals surface area contributed by atoms with Crippen LogP contribution in [0.3, 0.4) is 0 Å². The van der Waals surface area contributed by atoms with Gasteiger partial charge in [0.25, 0.3) is 0 Å². The van der Waals surface area contributed by atoms with Crippen LogP contribution < -0.4 is 0 Å². The fourth-order valence-corrected chi connectivity index (χ4v) is 1.56. The number of rotatable bonds is 1. The average molecular weight is 225 g/mol. The second-order valence-corrected chi connectivity index (χ2v) is 3.09. The summed E-state index contributed by atoms with van der Waals surface area (Å²) in [5, 5.41) is 0. The third-order valence-corrected chi connectivity index (χ3v) is 2.22. The van der Waals surface area contributed by atoms with Crippen LogP contribution in [-0.4, -0.2) is 15.7 Å². The number of aldehydes is 1. The fraction of sp³-hybridized carbons (Fsp3) is 0. The standard InChI is InChI=1S/C8H5BrN2O/c9-8-6(5-12)11-4-2-1-3-7(11)10-8/h1-5H. The number of hydrogen-bond donors (Lipinski definition) is 0. The van der Waals surface area contributed by atoms with Crippen LogP contribution in [0.15, 0.2) is 29.0 Å². The molecule has 2 heterocycles. The molecule has 0 aliphatic rings. The summed E-state index contributed by atoms with van der Waals surface area (Å²) in [5.41, 5.74) is 1.32. The Balaban J connectivity index is 2.90. The van der Waals surface area contributed by atoms with Crippen molar-refractivity contribution < 1.29 is 4.79 Å². The van der Waals surface area contributed by atoms with Gasteiger partial charge in [-0.15, -0.1) is 0 Å². The van der Waals surface area contributed by atoms with E-state index >= 15 is 0 Å². The molecule has 2 rings (SSSR count). The van der Waals surface area contributed by atoms with Crippen molar-refractivity contribution in [2.75, 3.05) is 0 Å². The van der Waals surface area contributed by atoms with E-state index in [1.54, 1.807) is 10.6 Å². The third-order valence-electron chi connectivity index (χ3n) is 1.63. The predicted molar refractivity (Wildman–Crippen MR) is 48.3 cm³/mol. The largest absolute Gasteiger partial charge is 0.296 e. The van der Waals surface area contributed by atoms with Gasteiger partial charge in [-0.1, -0.05) is 6.07 Å². The molecule has 3 nitrogen and oxygen atoms in total. The first-order chi connectivity index (χ1) is 5.83. The maximum Gasteiger partial charge on any atom is 0.169 e. The monoisotopic (exact) mass is 224 g/mol. The molecule has 60 valence electrons. The Bertz CT molecular complexity index is 436. The van der Waals surface area contributed by atoms with Crippen LogP contribution >= 0.6 is 15.9 Å². The highest BCUT2D eigenvalue weighted by atomic mass is 79.9. The zero-order valence-corrected chi connectivity index (χ0v) is 7.65. The van der Waals surface area contributed by atoms with Gasteiger partial charge in [-0.2, -0.15) is 0 Å². The second-order valence-electron chi connectivity index (χ2n) is 2.33. The number of carbonyl (C=O) groups excluding carboxylic acids is 1. The molecule has 0 saturated heterocycles. The fourth-order valence-electron chi connectivity index (χ4n) is 1.09. The van der Waals surface area contributed by atoms with Gasteiger partial charge in [-0.05, 0) is 28.1 Å². The van der Waals surface area contributed by atoms with E-state index in [1.807, 2.05) is 18.2 Å². The molecule has 0 aliphatic carbocycles. The molecule has 0 atom stereocenters. The molecule has 0 amide bonds. The molecule has 2 aromatic heterocycles. The number of aromatic nitrogens is 2. The minimum absolute atomic E-state index is 0.547. The van der Waals surface area contributed by atoms with Gasteiger partial charge >= 0.3 is 0 Å². The lowest BCUT2D eigenvalue weighted by Crippen LogP contribution is -1.89. The first-order valence-corrected chi connectivity index (χ1v) is 4.20. The summed E-state index contributed by atoms with van der Waals surface area (Å²) in [4.78, 5) is 14.7. The van der Waals surface area contributed by atoms with E-state index in [2.05, 4.69) is 20.9 Å². The zero-order valence-electron chi connectivity index (χ0n) is 6.07. The zero-order chi connectivity index (χ0) is 8.55. The van der Waals surface area contributed by atoms with Crippen molar-refractivity contribution in [3.8, 4) is 0 Å². The Morgan fingerprint density at radius 3 is 3.08 bits per heavy atom. The number of pyridine rings is 1. The van der Waals surface area contributed by atoms with Crippen molar-refractivity contribution in [1.29, 1.82) is 0 Å². The Kier molecular flexibility index (Phi) is 1.69. The SMILES string of the molecule is O=Cc1c(Br)nc2ccccn12. The highest BCUT2D eigenvalue weighted by molar-refractivity contribution is 9.10. The van der Waals surface area contributed by atoms with E-state index in [1.165, 1.54) is 0 Å². The van der Waals surface area contributed by atoms with E-state index < -0.39 is 0 Å². The summed E-state index contributed by atoms with van der Waals surface area (Å²) in [6, 6.07) is 5.58. The van der Waals surface area contributed by atoms with Crippen molar-refractivity contribution in [3.05, 3.63) is 34.7 Å². The van der Waals surface area contributed by atoms with Gasteiger partial charge in [0.2, 0.25) is 0 Å². The molecule has 0 unspecified atom stereocenters. The van der Waals surface area contributed by atoms with Crippen molar-refractivity contribution in [3.63, 3.8) is 0 Å². The van der Waals surface area contributed by atoms with Gasteiger partial charge in [0.15, 0.2) is 6.29 Å². The lowest BCUT2D eigenvalue weighted by molar-refractivity contribution is 0.111. The first kappa shape index (κ1) is 7.49. The Morgan fingerprint density at radius 1 is 1.50 bits per heavy atom. The summed E-state index contributed by atoms with van der Waals surface area (Å²) < 4.78 is 2.32. The van der Waals surface area contributed by atoms with E-state index in [4.69, 9.17) is 0 Å². The molecule has 0 spiro atoms. The minimum atomic E-state index is 0.547. The summed E-state index contributed by atoms with van der Waals surface area (Å²) in [7, 11) is 0. The van der Waals surface area contributed by atoms with Crippen LogP contribution in [0.4, 0.5) is 0 Å². The van der Waals surface area contributed by atoms with Crippen molar-refractivity contribution in [1.82, 2.24) is 9.38 Å². The topological polar surface area (TPSA) is 34.4 Å². The molecular formula is C8H5BrN2O. The predicted octanol–water partition coefficient (Wildman–Crippen LogP) is 1.91. The molecule has 0 radical (unpaired) electrons. The molecule has 0 aromatic carbocycles. The quantitative estimate of drug-likeness (QED) is 0.694. The van der Waals surface area contributed by atoms with Gasteiger partial charge in [-0.3, -0.25) is 9.20 Å². The van der Waals surface area contributed by atoms with Crippen LogP contribution in [0.5, 0.6) is 0 Å². The van der Waals surface area contributed by atoms with Gasteiger partial charge in [0, 0.05) is 6.20 Å². The number of halogens is 1. The molecule has 0 saturated carbocycles. The first-order valence-electron chi connectivity index (χ1n) is 3.40. The van der Waals surface area contributed by atoms with Gasteiger partial charge in [0.05, 0.1) is 0 Å². The molecule has 0 fully saturated rings. The summed E-state index contributed by atoms with van der Waals surface area (Å²) in [5.74, 6) is 0. The van der Waals surface area contributed by atoms with E-state index in [9.17, 15) is 4.79 Å². The maximum absolute atomic E-state index is 10.6. The highest BCUT2D eigenvalue weighted by Crippen LogP contribution is 2.15. The molecule has 2 aromatic rings. The molecule has 4 heteroatoms.